The maximum atomic E-state index is 12.7. The van der Waals surface area contributed by atoms with E-state index in [1.807, 2.05) is 6.07 Å². The Morgan fingerprint density at radius 3 is 2.65 bits per heavy atom. The van der Waals surface area contributed by atoms with Gasteiger partial charge in [-0.05, 0) is 42.3 Å². The van der Waals surface area contributed by atoms with Gasteiger partial charge in [-0.25, -0.2) is 4.79 Å². The molecule has 0 aromatic heterocycles. The van der Waals surface area contributed by atoms with Crippen LogP contribution in [-0.2, 0) is 25.7 Å². The average molecular weight is 502 g/mol. The van der Waals surface area contributed by atoms with E-state index in [-0.39, 0.29) is 32.1 Å². The van der Waals surface area contributed by atoms with Crippen LogP contribution in [0.25, 0.3) is 6.08 Å². The summed E-state index contributed by atoms with van der Waals surface area (Å²) in [6.07, 6.45) is 2.01. The van der Waals surface area contributed by atoms with Crippen LogP contribution in [0.3, 0.4) is 0 Å². The van der Waals surface area contributed by atoms with Crippen molar-refractivity contribution in [1.29, 1.82) is 0 Å². The minimum atomic E-state index is -0.915. The third-order valence-corrected chi connectivity index (χ3v) is 6.03. The lowest BCUT2D eigenvalue weighted by Gasteiger charge is -2.13. The monoisotopic (exact) mass is 501 g/mol. The highest BCUT2D eigenvalue weighted by molar-refractivity contribution is 8.26. The number of carboxylic acid groups (broad SMARTS) is 1. The quantitative estimate of drug-likeness (QED) is 0.213. The molecule has 2 aromatic rings. The van der Waals surface area contributed by atoms with Crippen molar-refractivity contribution >= 4 is 52.2 Å². The van der Waals surface area contributed by atoms with Crippen LogP contribution in [0.5, 0.6) is 11.5 Å². The summed E-state index contributed by atoms with van der Waals surface area (Å²) in [6.45, 7) is 0.218. The molecule has 0 bridgehead atoms. The van der Waals surface area contributed by atoms with Crippen LogP contribution in [-0.4, -0.2) is 52.4 Å². The van der Waals surface area contributed by atoms with E-state index in [2.05, 4.69) is 0 Å². The minimum absolute atomic E-state index is 0.0309. The Labute approximate surface area is 206 Å². The molecule has 1 N–H and O–H groups in total. The van der Waals surface area contributed by atoms with Gasteiger partial charge < -0.3 is 19.3 Å². The fourth-order valence-corrected chi connectivity index (χ4v) is 4.43. The van der Waals surface area contributed by atoms with Crippen LogP contribution in [0.15, 0.2) is 53.4 Å². The second kappa shape index (κ2) is 12.3. The molecular formula is C24H23NO7S2. The Bertz CT molecular complexity index is 1100. The summed E-state index contributed by atoms with van der Waals surface area (Å²) in [4.78, 5) is 37.4. The summed E-state index contributed by atoms with van der Waals surface area (Å²) in [5, 5.41) is 8.79. The maximum absolute atomic E-state index is 12.7. The van der Waals surface area contributed by atoms with Crippen molar-refractivity contribution in [2.24, 2.45) is 0 Å². The first-order valence-corrected chi connectivity index (χ1v) is 11.6. The number of esters is 1. The molecule has 10 heteroatoms. The molecule has 0 spiro atoms. The van der Waals surface area contributed by atoms with Crippen molar-refractivity contribution < 1.29 is 33.7 Å². The number of carbonyl (C=O) groups is 3. The van der Waals surface area contributed by atoms with Crippen LogP contribution in [0.1, 0.15) is 24.0 Å². The first-order valence-electron chi connectivity index (χ1n) is 10.3. The highest BCUT2D eigenvalue weighted by Gasteiger charge is 2.31. The molecule has 1 fully saturated rings. The van der Waals surface area contributed by atoms with E-state index < -0.39 is 11.9 Å². The van der Waals surface area contributed by atoms with Gasteiger partial charge in [0.15, 0.2) is 6.61 Å². The van der Waals surface area contributed by atoms with Gasteiger partial charge in [0.1, 0.15) is 15.8 Å². The topological polar surface area (TPSA) is 102 Å². The number of rotatable bonds is 11. The first kappa shape index (κ1) is 25.4. The Hall–Kier alpha value is -3.21. The maximum Gasteiger partial charge on any atom is 0.349 e. The average Bonchev–Trinajstić information content (AvgIpc) is 3.06. The van der Waals surface area contributed by atoms with Crippen LogP contribution in [0.4, 0.5) is 0 Å². The number of amides is 1. The van der Waals surface area contributed by atoms with Crippen molar-refractivity contribution in [3.63, 3.8) is 0 Å². The molecular weight excluding hydrogens is 478 g/mol. The Morgan fingerprint density at radius 2 is 1.94 bits per heavy atom. The summed E-state index contributed by atoms with van der Waals surface area (Å²) in [5.41, 5.74) is 1.43. The number of nitrogens with zero attached hydrogens (tertiary/aromatic N) is 1. The Balaban J connectivity index is 1.66. The van der Waals surface area contributed by atoms with Gasteiger partial charge in [0, 0.05) is 25.6 Å². The second-order valence-corrected chi connectivity index (χ2v) is 8.88. The summed E-state index contributed by atoms with van der Waals surface area (Å²) < 4.78 is 16.5. The Morgan fingerprint density at radius 1 is 1.18 bits per heavy atom. The number of hydrogen-bond acceptors (Lipinski definition) is 8. The van der Waals surface area contributed by atoms with Crippen molar-refractivity contribution in [3.8, 4) is 11.5 Å². The molecule has 2 aromatic carbocycles. The fraction of sp³-hybridized carbons (Fsp3) is 0.250. The molecule has 8 nitrogen and oxygen atoms in total. The smallest absolute Gasteiger partial charge is 0.349 e. The van der Waals surface area contributed by atoms with Gasteiger partial charge in [0.05, 0.1) is 11.5 Å². The van der Waals surface area contributed by atoms with Crippen LogP contribution in [0.2, 0.25) is 0 Å². The van der Waals surface area contributed by atoms with E-state index in [0.29, 0.717) is 32.7 Å². The zero-order valence-electron chi connectivity index (χ0n) is 18.4. The van der Waals surface area contributed by atoms with Gasteiger partial charge in [0.2, 0.25) is 0 Å². The van der Waals surface area contributed by atoms with E-state index in [9.17, 15) is 14.4 Å². The van der Waals surface area contributed by atoms with Gasteiger partial charge in [-0.3, -0.25) is 14.5 Å². The normalized spacial score (nSPS) is 14.5. The van der Waals surface area contributed by atoms with Crippen molar-refractivity contribution in [1.82, 2.24) is 4.90 Å². The van der Waals surface area contributed by atoms with E-state index in [1.54, 1.807) is 55.7 Å². The number of hydrogen-bond donors (Lipinski definition) is 1. The molecule has 178 valence electrons. The SMILES string of the molecule is COCc1cc(C=C2SC(=S)N(CCCC(=O)O)C2=O)ccc1OCC(=O)Oc1ccccc1. The Kier molecular flexibility index (Phi) is 9.20. The fourth-order valence-electron chi connectivity index (χ4n) is 3.12. The molecule has 1 amide bonds. The summed E-state index contributed by atoms with van der Waals surface area (Å²) in [7, 11) is 1.54. The highest BCUT2D eigenvalue weighted by Crippen LogP contribution is 2.33. The molecule has 1 aliphatic rings. The molecule has 1 heterocycles. The van der Waals surface area contributed by atoms with Crippen molar-refractivity contribution in [2.75, 3.05) is 20.3 Å². The van der Waals surface area contributed by atoms with Gasteiger partial charge >= 0.3 is 11.9 Å². The zero-order chi connectivity index (χ0) is 24.5. The lowest BCUT2D eigenvalue weighted by molar-refractivity contribution is -0.138. The number of ether oxygens (including phenoxy) is 3. The number of aliphatic carboxylic acids is 1. The summed E-state index contributed by atoms with van der Waals surface area (Å²) >= 11 is 6.45. The van der Waals surface area contributed by atoms with E-state index in [4.69, 9.17) is 31.5 Å². The van der Waals surface area contributed by atoms with Gasteiger partial charge in [-0.2, -0.15) is 0 Å². The standard InChI is InChI=1S/C24H23NO7S2/c1-30-14-17-12-16(13-20-23(29)25(24(33)34-20)11-5-8-21(26)27)9-10-19(17)31-15-22(28)32-18-6-3-2-4-7-18/h2-4,6-7,9-10,12-13H,5,8,11,14-15H2,1H3,(H,26,27). The van der Waals surface area contributed by atoms with Crippen LogP contribution >= 0.6 is 24.0 Å². The molecule has 1 saturated heterocycles. The third kappa shape index (κ3) is 7.14. The predicted octanol–water partition coefficient (Wildman–Crippen LogP) is 3.88. The lowest BCUT2D eigenvalue weighted by Crippen LogP contribution is -2.29. The molecule has 0 aliphatic carbocycles. The number of thiocarbonyl (C=S) groups is 1. The number of carboxylic acids is 1. The first-order chi connectivity index (χ1) is 16.4. The number of thioether (sulfide) groups is 1. The molecule has 0 atom stereocenters. The molecule has 3 rings (SSSR count). The minimum Gasteiger partial charge on any atom is -0.482 e. The molecule has 1 aliphatic heterocycles. The number of methoxy groups -OCH3 is 1. The third-order valence-electron chi connectivity index (χ3n) is 4.65. The van der Waals surface area contributed by atoms with Crippen molar-refractivity contribution in [2.45, 2.75) is 19.4 Å². The molecule has 0 saturated carbocycles. The zero-order valence-corrected chi connectivity index (χ0v) is 20.0. The number of benzene rings is 2. The van der Waals surface area contributed by atoms with Gasteiger partial charge in [-0.15, -0.1) is 0 Å². The van der Waals surface area contributed by atoms with Crippen LogP contribution in [0, 0.1) is 0 Å². The number of para-hydroxylation sites is 1. The largest absolute Gasteiger partial charge is 0.482 e. The highest BCUT2D eigenvalue weighted by atomic mass is 32.2. The van der Waals surface area contributed by atoms with E-state index >= 15 is 0 Å². The predicted molar refractivity (Wildman–Crippen MR) is 131 cm³/mol. The summed E-state index contributed by atoms with van der Waals surface area (Å²) in [5.74, 6) is -0.806. The molecule has 0 unspecified atom stereocenters. The lowest BCUT2D eigenvalue weighted by atomic mass is 10.1. The summed E-state index contributed by atoms with van der Waals surface area (Å²) in [6, 6.07) is 14.0. The number of carbonyl (C=O) groups excluding carboxylic acids is 2. The van der Waals surface area contributed by atoms with Crippen molar-refractivity contribution in [3.05, 3.63) is 64.6 Å². The molecule has 0 radical (unpaired) electrons. The molecule has 34 heavy (non-hydrogen) atoms. The van der Waals surface area contributed by atoms with E-state index in [1.165, 1.54) is 16.7 Å². The van der Waals surface area contributed by atoms with E-state index in [0.717, 1.165) is 5.56 Å². The van der Waals surface area contributed by atoms with Gasteiger partial charge in [-0.1, -0.05) is 48.2 Å². The second-order valence-electron chi connectivity index (χ2n) is 7.21. The van der Waals surface area contributed by atoms with Crippen LogP contribution < -0.4 is 9.47 Å². The van der Waals surface area contributed by atoms with Gasteiger partial charge in [0.25, 0.3) is 5.91 Å².